The van der Waals surface area contributed by atoms with Gasteiger partial charge in [0, 0.05) is 24.8 Å². The third kappa shape index (κ3) is 3.54. The van der Waals surface area contributed by atoms with Gasteiger partial charge in [-0.25, -0.2) is 9.37 Å². The summed E-state index contributed by atoms with van der Waals surface area (Å²) in [6.07, 6.45) is 1.74. The molecule has 0 atom stereocenters. The van der Waals surface area contributed by atoms with E-state index in [0.29, 0.717) is 12.1 Å². The van der Waals surface area contributed by atoms with Crippen LogP contribution in [0.1, 0.15) is 10.6 Å². The van der Waals surface area contributed by atoms with Gasteiger partial charge in [0.15, 0.2) is 0 Å². The highest BCUT2D eigenvalue weighted by Crippen LogP contribution is 2.28. The van der Waals surface area contributed by atoms with Gasteiger partial charge in [0.2, 0.25) is 0 Å². The molecule has 0 fully saturated rings. The molecule has 0 aliphatic heterocycles. The van der Waals surface area contributed by atoms with Gasteiger partial charge in [-0.05, 0) is 11.6 Å². The van der Waals surface area contributed by atoms with Gasteiger partial charge >= 0.3 is 0 Å². The first kappa shape index (κ1) is 13.9. The molecule has 1 heterocycles. The predicted octanol–water partition coefficient (Wildman–Crippen LogP) is 4.24. The van der Waals surface area contributed by atoms with Crippen molar-refractivity contribution in [2.75, 3.05) is 0 Å². The lowest BCUT2D eigenvalue weighted by molar-refractivity contribution is 0.631. The SMILES string of the molecule is Fc1ccccc1-c1cnc(CNCc2ccccc2)s1. The third-order valence-corrected chi connectivity index (χ3v) is 4.17. The van der Waals surface area contributed by atoms with E-state index in [1.54, 1.807) is 18.3 Å². The summed E-state index contributed by atoms with van der Waals surface area (Å²) in [5.41, 5.74) is 1.85. The van der Waals surface area contributed by atoms with Gasteiger partial charge in [-0.3, -0.25) is 0 Å². The summed E-state index contributed by atoms with van der Waals surface area (Å²) < 4.78 is 13.7. The number of rotatable bonds is 5. The standard InChI is InChI=1S/C17H15FN2S/c18-15-9-5-4-8-14(15)16-11-20-17(21-16)12-19-10-13-6-2-1-3-7-13/h1-9,11,19H,10,12H2. The molecule has 0 bridgehead atoms. The van der Waals surface area contributed by atoms with E-state index >= 15 is 0 Å². The molecule has 0 unspecified atom stereocenters. The number of thiazole rings is 1. The lowest BCUT2D eigenvalue weighted by Gasteiger charge is -2.02. The maximum absolute atomic E-state index is 13.7. The van der Waals surface area contributed by atoms with Gasteiger partial charge < -0.3 is 5.32 Å². The number of nitrogens with one attached hydrogen (secondary N) is 1. The van der Waals surface area contributed by atoms with Crippen molar-refractivity contribution in [1.82, 2.24) is 10.3 Å². The molecular weight excluding hydrogens is 283 g/mol. The number of hydrogen-bond acceptors (Lipinski definition) is 3. The van der Waals surface area contributed by atoms with E-state index in [-0.39, 0.29) is 5.82 Å². The summed E-state index contributed by atoms with van der Waals surface area (Å²) in [7, 11) is 0. The van der Waals surface area contributed by atoms with Crippen LogP contribution in [0.2, 0.25) is 0 Å². The Hall–Kier alpha value is -2.04. The molecule has 3 rings (SSSR count). The Labute approximate surface area is 127 Å². The van der Waals surface area contributed by atoms with Crippen molar-refractivity contribution < 1.29 is 4.39 Å². The van der Waals surface area contributed by atoms with Crippen LogP contribution in [0.25, 0.3) is 10.4 Å². The van der Waals surface area contributed by atoms with Crippen LogP contribution >= 0.6 is 11.3 Å². The van der Waals surface area contributed by atoms with E-state index in [2.05, 4.69) is 22.4 Å². The van der Waals surface area contributed by atoms with E-state index in [1.807, 2.05) is 24.3 Å². The molecule has 2 nitrogen and oxygen atoms in total. The minimum absolute atomic E-state index is 0.204. The largest absolute Gasteiger partial charge is 0.306 e. The Balaban J connectivity index is 1.62. The Morgan fingerprint density at radius 2 is 1.71 bits per heavy atom. The fourth-order valence-corrected chi connectivity index (χ4v) is 3.00. The fourth-order valence-electron chi connectivity index (χ4n) is 2.09. The van der Waals surface area contributed by atoms with Crippen molar-refractivity contribution in [2.45, 2.75) is 13.1 Å². The molecule has 0 saturated heterocycles. The Morgan fingerprint density at radius 3 is 2.52 bits per heavy atom. The third-order valence-electron chi connectivity index (χ3n) is 3.14. The van der Waals surface area contributed by atoms with E-state index in [9.17, 15) is 4.39 Å². The van der Waals surface area contributed by atoms with E-state index in [1.165, 1.54) is 23.0 Å². The van der Waals surface area contributed by atoms with Gasteiger partial charge in [0.05, 0.1) is 4.88 Å². The number of aromatic nitrogens is 1. The van der Waals surface area contributed by atoms with Crippen LogP contribution in [0.3, 0.4) is 0 Å². The van der Waals surface area contributed by atoms with Gasteiger partial charge in [-0.15, -0.1) is 11.3 Å². The van der Waals surface area contributed by atoms with Crippen LogP contribution in [0, 0.1) is 5.82 Å². The molecule has 0 saturated carbocycles. The predicted molar refractivity (Wildman–Crippen MR) is 84.5 cm³/mol. The van der Waals surface area contributed by atoms with Gasteiger partial charge in [0.1, 0.15) is 10.8 Å². The summed E-state index contributed by atoms with van der Waals surface area (Å²) in [5, 5.41) is 4.31. The molecule has 0 aliphatic carbocycles. The number of benzene rings is 2. The zero-order chi connectivity index (χ0) is 14.5. The highest BCUT2D eigenvalue weighted by atomic mass is 32.1. The van der Waals surface area contributed by atoms with E-state index < -0.39 is 0 Å². The molecule has 0 aliphatic rings. The Kier molecular flexibility index (Phi) is 4.38. The molecule has 0 radical (unpaired) electrons. The first-order valence-electron chi connectivity index (χ1n) is 6.77. The van der Waals surface area contributed by atoms with Crippen molar-refractivity contribution in [2.24, 2.45) is 0 Å². The molecule has 0 amide bonds. The lowest BCUT2D eigenvalue weighted by atomic mass is 10.2. The summed E-state index contributed by atoms with van der Waals surface area (Å²) >= 11 is 1.52. The molecule has 2 aromatic carbocycles. The van der Waals surface area contributed by atoms with Crippen LogP contribution in [0.15, 0.2) is 60.8 Å². The van der Waals surface area contributed by atoms with Crippen LogP contribution in [0.4, 0.5) is 4.39 Å². The Bertz CT molecular complexity index is 710. The molecule has 3 aromatic rings. The van der Waals surface area contributed by atoms with Crippen LogP contribution < -0.4 is 5.32 Å². The lowest BCUT2D eigenvalue weighted by Crippen LogP contribution is -2.12. The zero-order valence-corrected chi connectivity index (χ0v) is 12.2. The molecule has 21 heavy (non-hydrogen) atoms. The van der Waals surface area contributed by atoms with Crippen LogP contribution in [-0.2, 0) is 13.1 Å². The van der Waals surface area contributed by atoms with Crippen molar-refractivity contribution in [3.8, 4) is 10.4 Å². The summed E-state index contributed by atoms with van der Waals surface area (Å²) in [4.78, 5) is 5.22. The van der Waals surface area contributed by atoms with E-state index in [0.717, 1.165) is 16.4 Å². The maximum Gasteiger partial charge on any atom is 0.131 e. The number of halogens is 1. The molecule has 0 spiro atoms. The first-order valence-corrected chi connectivity index (χ1v) is 7.59. The van der Waals surface area contributed by atoms with Gasteiger partial charge in [-0.1, -0.05) is 48.5 Å². The number of hydrogen-bond donors (Lipinski definition) is 1. The highest BCUT2D eigenvalue weighted by molar-refractivity contribution is 7.15. The quantitative estimate of drug-likeness (QED) is 0.762. The molecule has 1 aromatic heterocycles. The molecule has 106 valence electrons. The van der Waals surface area contributed by atoms with Crippen molar-refractivity contribution in [1.29, 1.82) is 0 Å². The van der Waals surface area contributed by atoms with Gasteiger partial charge in [0.25, 0.3) is 0 Å². The smallest absolute Gasteiger partial charge is 0.131 e. The average Bonchev–Trinajstić information content (AvgIpc) is 2.97. The zero-order valence-electron chi connectivity index (χ0n) is 11.4. The minimum atomic E-state index is -0.204. The average molecular weight is 298 g/mol. The highest BCUT2D eigenvalue weighted by Gasteiger charge is 2.08. The summed E-state index contributed by atoms with van der Waals surface area (Å²) in [6, 6.07) is 17.0. The van der Waals surface area contributed by atoms with Crippen LogP contribution in [-0.4, -0.2) is 4.98 Å². The van der Waals surface area contributed by atoms with Crippen molar-refractivity contribution in [3.05, 3.63) is 77.2 Å². The minimum Gasteiger partial charge on any atom is -0.306 e. The van der Waals surface area contributed by atoms with E-state index in [4.69, 9.17) is 0 Å². The fraction of sp³-hybridized carbons (Fsp3) is 0.118. The Morgan fingerprint density at radius 1 is 0.952 bits per heavy atom. The second-order valence-corrected chi connectivity index (χ2v) is 5.80. The van der Waals surface area contributed by atoms with Crippen LogP contribution in [0.5, 0.6) is 0 Å². The summed E-state index contributed by atoms with van der Waals surface area (Å²) in [5.74, 6) is -0.204. The molecule has 4 heteroatoms. The second kappa shape index (κ2) is 6.61. The van der Waals surface area contributed by atoms with Crippen molar-refractivity contribution >= 4 is 11.3 Å². The van der Waals surface area contributed by atoms with Gasteiger partial charge in [-0.2, -0.15) is 0 Å². The number of nitrogens with zero attached hydrogens (tertiary/aromatic N) is 1. The monoisotopic (exact) mass is 298 g/mol. The molecule has 1 N–H and O–H groups in total. The molecular formula is C17H15FN2S. The normalized spacial score (nSPS) is 10.7. The first-order chi connectivity index (χ1) is 10.3. The summed E-state index contributed by atoms with van der Waals surface area (Å²) in [6.45, 7) is 1.49. The maximum atomic E-state index is 13.7. The topological polar surface area (TPSA) is 24.9 Å². The van der Waals surface area contributed by atoms with Crippen molar-refractivity contribution in [3.63, 3.8) is 0 Å². The second-order valence-electron chi connectivity index (χ2n) is 4.69.